The summed E-state index contributed by atoms with van der Waals surface area (Å²) in [6, 6.07) is 25.9. The number of amides is 1. The van der Waals surface area contributed by atoms with Gasteiger partial charge in [0.05, 0.1) is 18.1 Å². The Labute approximate surface area is 167 Å². The van der Waals surface area contributed by atoms with E-state index in [1.165, 1.54) is 4.68 Å². The number of rotatable bonds is 5. The predicted octanol–water partition coefficient (Wildman–Crippen LogP) is 3.21. The maximum absolute atomic E-state index is 12.8. The largest absolute Gasteiger partial charge is 0.292 e. The number of hydrogen-bond acceptors (Lipinski definition) is 4. The van der Waals surface area contributed by atoms with Gasteiger partial charge in [-0.1, -0.05) is 78.9 Å². The molecule has 0 spiro atoms. The molecule has 29 heavy (non-hydrogen) atoms. The molecule has 142 valence electrons. The third-order valence-electron chi connectivity index (χ3n) is 4.44. The molecule has 0 unspecified atom stereocenters. The first kappa shape index (κ1) is 18.3. The Morgan fingerprint density at radius 1 is 0.897 bits per heavy atom. The summed E-state index contributed by atoms with van der Waals surface area (Å²) in [6.07, 6.45) is 1.56. The fraction of sp³-hybridized carbons (Fsp3) is 0.0435. The van der Waals surface area contributed by atoms with Crippen LogP contribution in [0.1, 0.15) is 21.6 Å². The third kappa shape index (κ3) is 4.11. The van der Waals surface area contributed by atoms with Gasteiger partial charge in [-0.25, -0.2) is 10.1 Å². The van der Waals surface area contributed by atoms with E-state index < -0.39 is 5.91 Å². The molecule has 1 heterocycles. The van der Waals surface area contributed by atoms with Crippen molar-refractivity contribution in [1.82, 2.24) is 15.2 Å². The molecule has 0 atom stereocenters. The Kier molecular flexibility index (Phi) is 5.25. The van der Waals surface area contributed by atoms with E-state index in [0.717, 1.165) is 11.1 Å². The number of nitrogens with one attached hydrogen (secondary N) is 1. The number of fused-ring (bicyclic) bond motifs is 1. The van der Waals surface area contributed by atoms with Crippen LogP contribution in [-0.2, 0) is 6.54 Å². The summed E-state index contributed by atoms with van der Waals surface area (Å²) >= 11 is 0. The predicted molar refractivity (Wildman–Crippen MR) is 113 cm³/mol. The first-order valence-corrected chi connectivity index (χ1v) is 9.14. The van der Waals surface area contributed by atoms with Crippen molar-refractivity contribution in [1.29, 1.82) is 0 Å². The highest BCUT2D eigenvalue weighted by molar-refractivity contribution is 6.04. The Bertz CT molecular complexity index is 1230. The van der Waals surface area contributed by atoms with Gasteiger partial charge in [0.2, 0.25) is 0 Å². The number of nitrogens with zero attached hydrogens (tertiary/aromatic N) is 3. The summed E-state index contributed by atoms with van der Waals surface area (Å²) in [5, 5.41) is 9.28. The molecule has 0 radical (unpaired) electrons. The first-order valence-electron chi connectivity index (χ1n) is 9.14. The Morgan fingerprint density at radius 3 is 2.24 bits per heavy atom. The minimum atomic E-state index is -0.477. The van der Waals surface area contributed by atoms with Crippen molar-refractivity contribution in [2.75, 3.05) is 0 Å². The van der Waals surface area contributed by atoms with Gasteiger partial charge < -0.3 is 0 Å². The third-order valence-corrected chi connectivity index (χ3v) is 4.44. The van der Waals surface area contributed by atoms with Crippen molar-refractivity contribution in [2.45, 2.75) is 6.54 Å². The van der Waals surface area contributed by atoms with Crippen LogP contribution in [0.4, 0.5) is 0 Å². The van der Waals surface area contributed by atoms with E-state index in [2.05, 4.69) is 15.6 Å². The average molecular weight is 382 g/mol. The SMILES string of the molecule is O=C(N/N=C/c1ccccc1)c1nn(Cc2ccccc2)c(=O)c2ccccc12. The molecule has 0 bridgehead atoms. The molecule has 1 amide bonds. The summed E-state index contributed by atoms with van der Waals surface area (Å²) < 4.78 is 1.31. The second-order valence-corrected chi connectivity index (χ2v) is 6.45. The van der Waals surface area contributed by atoms with E-state index >= 15 is 0 Å². The zero-order valence-electron chi connectivity index (χ0n) is 15.5. The van der Waals surface area contributed by atoms with Crippen molar-refractivity contribution in [3.05, 3.63) is 112 Å². The van der Waals surface area contributed by atoms with Gasteiger partial charge in [0, 0.05) is 5.39 Å². The number of hydrogen-bond donors (Lipinski definition) is 1. The van der Waals surface area contributed by atoms with Gasteiger partial charge >= 0.3 is 0 Å². The normalized spacial score (nSPS) is 11.0. The molecule has 0 saturated heterocycles. The fourth-order valence-corrected chi connectivity index (χ4v) is 3.02. The van der Waals surface area contributed by atoms with Gasteiger partial charge in [-0.15, -0.1) is 0 Å². The summed E-state index contributed by atoms with van der Waals surface area (Å²) in [5.41, 5.74) is 4.20. The van der Waals surface area contributed by atoms with E-state index in [1.54, 1.807) is 30.5 Å². The van der Waals surface area contributed by atoms with E-state index in [1.807, 2.05) is 60.7 Å². The average Bonchev–Trinajstić information content (AvgIpc) is 2.77. The molecular weight excluding hydrogens is 364 g/mol. The Balaban J connectivity index is 1.69. The van der Waals surface area contributed by atoms with Gasteiger partial charge in [0.25, 0.3) is 11.5 Å². The molecule has 6 nitrogen and oxygen atoms in total. The number of aromatic nitrogens is 2. The monoisotopic (exact) mass is 382 g/mol. The Hall–Kier alpha value is -4.06. The summed E-state index contributed by atoms with van der Waals surface area (Å²) in [5.74, 6) is -0.477. The van der Waals surface area contributed by atoms with Crippen molar-refractivity contribution < 1.29 is 4.79 Å². The molecule has 1 N–H and O–H groups in total. The zero-order chi connectivity index (χ0) is 20.1. The molecule has 0 aliphatic carbocycles. The lowest BCUT2D eigenvalue weighted by Crippen LogP contribution is -2.29. The molecule has 4 rings (SSSR count). The highest BCUT2D eigenvalue weighted by atomic mass is 16.2. The van der Waals surface area contributed by atoms with Crippen LogP contribution in [0.2, 0.25) is 0 Å². The number of carbonyl (C=O) groups excluding carboxylic acids is 1. The van der Waals surface area contributed by atoms with Gasteiger partial charge in [0.15, 0.2) is 5.69 Å². The van der Waals surface area contributed by atoms with Crippen LogP contribution in [0.3, 0.4) is 0 Å². The van der Waals surface area contributed by atoms with E-state index in [9.17, 15) is 9.59 Å². The van der Waals surface area contributed by atoms with E-state index in [0.29, 0.717) is 10.8 Å². The lowest BCUT2D eigenvalue weighted by molar-refractivity contribution is 0.0949. The summed E-state index contributed by atoms with van der Waals surface area (Å²) in [7, 11) is 0. The van der Waals surface area contributed by atoms with Crippen molar-refractivity contribution in [3.8, 4) is 0 Å². The molecular formula is C23H18N4O2. The molecule has 1 aromatic heterocycles. The Morgan fingerprint density at radius 2 is 1.52 bits per heavy atom. The van der Waals surface area contributed by atoms with Crippen LogP contribution in [0.25, 0.3) is 10.8 Å². The minimum absolute atomic E-state index is 0.154. The van der Waals surface area contributed by atoms with E-state index in [4.69, 9.17) is 0 Å². The summed E-state index contributed by atoms with van der Waals surface area (Å²) in [6.45, 7) is 0.276. The standard InChI is InChI=1S/C23H18N4O2/c28-22(25-24-15-17-9-3-1-4-10-17)21-19-13-7-8-14-20(19)23(29)27(26-21)16-18-11-5-2-6-12-18/h1-15H,16H2,(H,25,28)/b24-15+. The van der Waals surface area contributed by atoms with Crippen LogP contribution in [0.5, 0.6) is 0 Å². The second-order valence-electron chi connectivity index (χ2n) is 6.45. The first-order chi connectivity index (χ1) is 14.2. The van der Waals surface area contributed by atoms with Crippen LogP contribution in [0, 0.1) is 0 Å². The number of benzene rings is 3. The lowest BCUT2D eigenvalue weighted by Gasteiger charge is -2.10. The van der Waals surface area contributed by atoms with Gasteiger partial charge in [-0.3, -0.25) is 9.59 Å². The van der Waals surface area contributed by atoms with Crippen LogP contribution < -0.4 is 11.0 Å². The van der Waals surface area contributed by atoms with Crippen LogP contribution in [0.15, 0.2) is 94.8 Å². The van der Waals surface area contributed by atoms with Gasteiger partial charge in [0.1, 0.15) is 0 Å². The molecule has 3 aromatic carbocycles. The van der Waals surface area contributed by atoms with E-state index in [-0.39, 0.29) is 17.8 Å². The van der Waals surface area contributed by atoms with Crippen LogP contribution in [-0.4, -0.2) is 21.9 Å². The molecule has 0 fully saturated rings. The molecule has 6 heteroatoms. The fourth-order valence-electron chi connectivity index (χ4n) is 3.02. The topological polar surface area (TPSA) is 76.3 Å². The van der Waals surface area contributed by atoms with Gasteiger partial charge in [-0.2, -0.15) is 10.2 Å². The van der Waals surface area contributed by atoms with Crippen molar-refractivity contribution >= 4 is 22.9 Å². The second kappa shape index (κ2) is 8.31. The summed E-state index contributed by atoms with van der Waals surface area (Å²) in [4.78, 5) is 25.6. The minimum Gasteiger partial charge on any atom is -0.267 e. The molecule has 0 saturated carbocycles. The molecule has 0 aliphatic heterocycles. The highest BCUT2D eigenvalue weighted by Crippen LogP contribution is 2.14. The smallest absolute Gasteiger partial charge is 0.267 e. The number of hydrazone groups is 1. The van der Waals surface area contributed by atoms with Crippen molar-refractivity contribution in [2.24, 2.45) is 5.10 Å². The lowest BCUT2D eigenvalue weighted by atomic mass is 10.1. The van der Waals surface area contributed by atoms with Gasteiger partial charge in [-0.05, 0) is 17.2 Å². The van der Waals surface area contributed by atoms with Crippen molar-refractivity contribution in [3.63, 3.8) is 0 Å². The molecule has 4 aromatic rings. The number of carbonyl (C=O) groups is 1. The maximum Gasteiger partial charge on any atom is 0.292 e. The highest BCUT2D eigenvalue weighted by Gasteiger charge is 2.16. The van der Waals surface area contributed by atoms with Crippen LogP contribution >= 0.6 is 0 Å². The maximum atomic E-state index is 12.8. The quantitative estimate of drug-likeness (QED) is 0.425. The zero-order valence-corrected chi connectivity index (χ0v) is 15.5. The molecule has 0 aliphatic rings.